The van der Waals surface area contributed by atoms with Crippen molar-refractivity contribution in [1.82, 2.24) is 15.1 Å². The smallest absolute Gasteiger partial charge is 0.255 e. The molecule has 4 rings (SSSR count). The van der Waals surface area contributed by atoms with Crippen LogP contribution in [0.15, 0.2) is 47.4 Å². The largest absolute Gasteiger partial charge is 0.359 e. The molecule has 1 saturated heterocycles. The molecule has 2 aliphatic heterocycles. The van der Waals surface area contributed by atoms with Gasteiger partial charge in [0.1, 0.15) is 6.29 Å². The zero-order chi connectivity index (χ0) is 25.3. The molecule has 1 atom stereocenters. The van der Waals surface area contributed by atoms with Crippen molar-refractivity contribution >= 4 is 29.9 Å². The Morgan fingerprint density at radius 1 is 1.06 bits per heavy atom. The van der Waals surface area contributed by atoms with Crippen LogP contribution < -0.4 is 5.32 Å². The highest BCUT2D eigenvalue weighted by molar-refractivity contribution is 7.98. The predicted octanol–water partition coefficient (Wildman–Crippen LogP) is 4.79. The molecule has 2 aromatic carbocycles. The summed E-state index contributed by atoms with van der Waals surface area (Å²) in [7, 11) is 1.57. The fraction of sp³-hybridized carbons (Fsp3) is 0.483. The molecule has 0 aromatic heterocycles. The molecule has 1 unspecified atom stereocenters. The Morgan fingerprint density at radius 3 is 2.53 bits per heavy atom. The lowest BCUT2D eigenvalue weighted by Gasteiger charge is -2.24. The highest BCUT2D eigenvalue weighted by atomic mass is 32.2. The highest BCUT2D eigenvalue weighted by Gasteiger charge is 2.34. The first kappa shape index (κ1) is 26.4. The summed E-state index contributed by atoms with van der Waals surface area (Å²) in [5.41, 5.74) is 4.28. The van der Waals surface area contributed by atoms with Gasteiger partial charge in [0, 0.05) is 42.8 Å². The molecule has 0 saturated carbocycles. The van der Waals surface area contributed by atoms with E-state index in [1.165, 1.54) is 56.3 Å². The minimum Gasteiger partial charge on any atom is -0.359 e. The Morgan fingerprint density at radius 2 is 1.78 bits per heavy atom. The molecule has 7 heteroatoms. The lowest BCUT2D eigenvalue weighted by molar-refractivity contribution is -0.121. The van der Waals surface area contributed by atoms with E-state index in [4.69, 9.17) is 0 Å². The van der Waals surface area contributed by atoms with Crippen LogP contribution in [0.2, 0.25) is 0 Å². The van der Waals surface area contributed by atoms with Crippen molar-refractivity contribution in [3.05, 3.63) is 64.7 Å². The fourth-order valence-corrected chi connectivity index (χ4v) is 6.16. The van der Waals surface area contributed by atoms with E-state index in [-0.39, 0.29) is 18.2 Å². The Labute approximate surface area is 218 Å². The predicted molar refractivity (Wildman–Crippen MR) is 144 cm³/mol. The van der Waals surface area contributed by atoms with Crippen molar-refractivity contribution in [3.8, 4) is 0 Å². The standard InChI is InChI=1S/C29H37N3O3S/c1-30-28(34)14-13-24(20-33)32-19-26-25(29(32)35)11-8-12-27(26)36-21-23-10-7-9-22(17-23)18-31-15-5-3-2-4-6-16-31/h7-12,17,20,24H,2-6,13-16,18-19,21H2,1H3,(H,30,34). The van der Waals surface area contributed by atoms with Gasteiger partial charge >= 0.3 is 0 Å². The maximum Gasteiger partial charge on any atom is 0.255 e. The molecule has 192 valence electrons. The number of nitrogens with one attached hydrogen (secondary N) is 1. The number of aldehydes is 1. The zero-order valence-electron chi connectivity index (χ0n) is 21.2. The summed E-state index contributed by atoms with van der Waals surface area (Å²) in [5.74, 6) is 0.569. The maximum atomic E-state index is 13.1. The number of carbonyl (C=O) groups is 3. The van der Waals surface area contributed by atoms with E-state index in [0.717, 1.165) is 29.0 Å². The summed E-state index contributed by atoms with van der Waals surface area (Å²) >= 11 is 1.74. The van der Waals surface area contributed by atoms with Crippen LogP contribution in [0, 0.1) is 0 Å². The zero-order valence-corrected chi connectivity index (χ0v) is 22.0. The fourth-order valence-electron chi connectivity index (χ4n) is 5.14. The number of fused-ring (bicyclic) bond motifs is 1. The number of nitrogens with zero attached hydrogens (tertiary/aromatic N) is 2. The van der Waals surface area contributed by atoms with Crippen molar-refractivity contribution in [3.63, 3.8) is 0 Å². The third-order valence-corrected chi connectivity index (χ3v) is 8.37. The molecule has 0 radical (unpaired) electrons. The van der Waals surface area contributed by atoms with E-state index in [1.807, 2.05) is 12.1 Å². The Hall–Kier alpha value is -2.64. The number of amides is 2. The molecule has 2 aromatic rings. The van der Waals surface area contributed by atoms with Crippen LogP contribution in [-0.4, -0.2) is 54.1 Å². The van der Waals surface area contributed by atoms with E-state index < -0.39 is 6.04 Å². The quantitative estimate of drug-likeness (QED) is 0.370. The monoisotopic (exact) mass is 507 g/mol. The first-order valence-corrected chi connectivity index (χ1v) is 14.1. The van der Waals surface area contributed by atoms with Gasteiger partial charge in [-0.25, -0.2) is 0 Å². The maximum absolute atomic E-state index is 13.1. The van der Waals surface area contributed by atoms with Crippen LogP contribution in [0.1, 0.15) is 72.0 Å². The molecule has 2 amide bonds. The van der Waals surface area contributed by atoms with Gasteiger partial charge in [-0.3, -0.25) is 14.5 Å². The summed E-state index contributed by atoms with van der Waals surface area (Å²) in [6.07, 6.45) is 7.98. The lowest BCUT2D eigenvalue weighted by atomic mass is 10.1. The van der Waals surface area contributed by atoms with Crippen molar-refractivity contribution in [2.75, 3.05) is 20.1 Å². The average Bonchev–Trinajstić information content (AvgIpc) is 3.21. The molecule has 36 heavy (non-hydrogen) atoms. The highest BCUT2D eigenvalue weighted by Crippen LogP contribution is 2.35. The second-order valence-corrected chi connectivity index (χ2v) is 10.8. The number of hydrogen-bond acceptors (Lipinski definition) is 5. The summed E-state index contributed by atoms with van der Waals surface area (Å²) in [6, 6.07) is 14.1. The molecule has 0 spiro atoms. The minimum absolute atomic E-state index is 0.128. The lowest BCUT2D eigenvalue weighted by Crippen LogP contribution is -2.37. The molecule has 0 aliphatic carbocycles. The Bertz CT molecular complexity index is 1070. The van der Waals surface area contributed by atoms with Crippen molar-refractivity contribution in [2.45, 2.75) is 74.7 Å². The first-order valence-electron chi connectivity index (χ1n) is 13.1. The molecule has 2 heterocycles. The van der Waals surface area contributed by atoms with Gasteiger partial charge in [-0.2, -0.15) is 0 Å². The SMILES string of the molecule is CNC(=O)CCC(C=O)N1Cc2c(SCc3cccc(CN4CCCCCCC4)c3)cccc2C1=O. The van der Waals surface area contributed by atoms with E-state index in [1.54, 1.807) is 23.7 Å². The van der Waals surface area contributed by atoms with Crippen LogP contribution in [-0.2, 0) is 28.4 Å². The Kier molecular flexibility index (Phi) is 9.59. The number of likely N-dealkylation sites (tertiary alicyclic amines) is 1. The van der Waals surface area contributed by atoms with Gasteiger partial charge < -0.3 is 15.0 Å². The molecule has 2 aliphatic rings. The van der Waals surface area contributed by atoms with Crippen LogP contribution >= 0.6 is 11.8 Å². The Balaban J connectivity index is 1.39. The normalized spacial score (nSPS) is 17.2. The van der Waals surface area contributed by atoms with Crippen LogP contribution in [0.25, 0.3) is 0 Å². The van der Waals surface area contributed by atoms with E-state index >= 15 is 0 Å². The van der Waals surface area contributed by atoms with Crippen molar-refractivity contribution < 1.29 is 14.4 Å². The second kappa shape index (κ2) is 13.1. The summed E-state index contributed by atoms with van der Waals surface area (Å²) in [5, 5.41) is 2.57. The summed E-state index contributed by atoms with van der Waals surface area (Å²) in [6.45, 7) is 3.78. The van der Waals surface area contributed by atoms with Gasteiger partial charge in [0.2, 0.25) is 5.91 Å². The number of carbonyl (C=O) groups excluding carboxylic acids is 3. The minimum atomic E-state index is -0.597. The topological polar surface area (TPSA) is 69.7 Å². The van der Waals surface area contributed by atoms with Gasteiger partial charge in [0.05, 0.1) is 6.04 Å². The number of rotatable bonds is 10. The third-order valence-electron chi connectivity index (χ3n) is 7.20. The molecular weight excluding hydrogens is 470 g/mol. The molecule has 0 bridgehead atoms. The van der Waals surface area contributed by atoms with Gasteiger partial charge in [0.15, 0.2) is 0 Å². The number of thioether (sulfide) groups is 1. The van der Waals surface area contributed by atoms with Gasteiger partial charge in [0.25, 0.3) is 5.91 Å². The van der Waals surface area contributed by atoms with Crippen LogP contribution in [0.5, 0.6) is 0 Å². The van der Waals surface area contributed by atoms with Gasteiger partial charge in [-0.15, -0.1) is 11.8 Å². The number of hydrogen-bond donors (Lipinski definition) is 1. The molecular formula is C29H37N3O3S. The van der Waals surface area contributed by atoms with E-state index in [0.29, 0.717) is 18.5 Å². The van der Waals surface area contributed by atoms with E-state index in [2.05, 4.69) is 40.5 Å². The summed E-state index contributed by atoms with van der Waals surface area (Å²) < 4.78 is 0. The molecule has 6 nitrogen and oxygen atoms in total. The van der Waals surface area contributed by atoms with Gasteiger partial charge in [-0.1, -0.05) is 49.6 Å². The second-order valence-electron chi connectivity index (χ2n) is 9.78. The van der Waals surface area contributed by atoms with E-state index in [9.17, 15) is 14.4 Å². The van der Waals surface area contributed by atoms with Crippen molar-refractivity contribution in [1.29, 1.82) is 0 Å². The average molecular weight is 508 g/mol. The van der Waals surface area contributed by atoms with Crippen LogP contribution in [0.4, 0.5) is 0 Å². The molecule has 1 N–H and O–H groups in total. The first-order chi connectivity index (χ1) is 17.6. The number of benzene rings is 2. The van der Waals surface area contributed by atoms with Crippen molar-refractivity contribution in [2.24, 2.45) is 0 Å². The van der Waals surface area contributed by atoms with Crippen LogP contribution in [0.3, 0.4) is 0 Å². The van der Waals surface area contributed by atoms with Gasteiger partial charge in [-0.05, 0) is 61.2 Å². The molecule has 1 fully saturated rings. The third kappa shape index (κ3) is 6.77. The summed E-state index contributed by atoms with van der Waals surface area (Å²) in [4.78, 5) is 41.8.